The first-order valence-corrected chi connectivity index (χ1v) is 7.47. The van der Waals surface area contributed by atoms with Crippen LogP contribution in [0.25, 0.3) is 0 Å². The fraction of sp³-hybridized carbons (Fsp3) is 0.118. The Morgan fingerprint density at radius 1 is 1.24 bits per heavy atom. The standard InChI is InChI=1S/C17H18N6O2/c18-9-14(23-17(25)15-16(19)22-6-5-21-15)11-20-10-13-3-1-2-12(8-13)4-7-24/h1-3,5-9,11,18,20H,4,10H2,(H2,19,22)(H,23,25)/b14-11+,18-9?. The van der Waals surface area contributed by atoms with Crippen LogP contribution in [0.15, 0.2) is 48.6 Å². The van der Waals surface area contributed by atoms with Crippen LogP contribution in [-0.2, 0) is 17.8 Å². The van der Waals surface area contributed by atoms with Gasteiger partial charge in [0.05, 0.1) is 5.70 Å². The number of anilines is 1. The van der Waals surface area contributed by atoms with Crippen LogP contribution < -0.4 is 16.4 Å². The normalized spacial score (nSPS) is 10.8. The molecule has 0 unspecified atom stereocenters. The molecular weight excluding hydrogens is 320 g/mol. The third kappa shape index (κ3) is 5.24. The van der Waals surface area contributed by atoms with Gasteiger partial charge in [-0.25, -0.2) is 9.97 Å². The van der Waals surface area contributed by atoms with E-state index in [1.165, 1.54) is 18.6 Å². The fourth-order valence-corrected chi connectivity index (χ4v) is 2.07. The van der Waals surface area contributed by atoms with Gasteiger partial charge in [0.2, 0.25) is 0 Å². The largest absolute Gasteiger partial charge is 0.385 e. The van der Waals surface area contributed by atoms with Crippen LogP contribution in [-0.4, -0.2) is 28.4 Å². The number of carbonyl (C=O) groups excluding carboxylic acids is 2. The molecule has 0 spiro atoms. The third-order valence-corrected chi connectivity index (χ3v) is 3.23. The SMILES string of the molecule is N=C/C(=C\NCc1cccc(CC=O)c1)NC(=O)c1nccnc1N. The summed E-state index contributed by atoms with van der Waals surface area (Å²) in [7, 11) is 0. The molecule has 1 heterocycles. The van der Waals surface area contributed by atoms with E-state index in [1.807, 2.05) is 24.3 Å². The van der Waals surface area contributed by atoms with Crippen LogP contribution in [0.5, 0.6) is 0 Å². The van der Waals surface area contributed by atoms with E-state index in [9.17, 15) is 9.59 Å². The molecule has 128 valence electrons. The lowest BCUT2D eigenvalue weighted by atomic mass is 10.1. The number of aromatic nitrogens is 2. The lowest BCUT2D eigenvalue weighted by Crippen LogP contribution is -2.27. The van der Waals surface area contributed by atoms with E-state index < -0.39 is 5.91 Å². The Morgan fingerprint density at radius 3 is 2.72 bits per heavy atom. The second kappa shape index (κ2) is 8.92. The van der Waals surface area contributed by atoms with E-state index in [0.717, 1.165) is 23.6 Å². The molecular formula is C17H18N6O2. The molecule has 0 bridgehead atoms. The van der Waals surface area contributed by atoms with E-state index in [0.29, 0.717) is 13.0 Å². The van der Waals surface area contributed by atoms with Crippen LogP contribution in [0.1, 0.15) is 21.6 Å². The van der Waals surface area contributed by atoms with E-state index in [-0.39, 0.29) is 17.2 Å². The summed E-state index contributed by atoms with van der Waals surface area (Å²) < 4.78 is 0. The molecule has 25 heavy (non-hydrogen) atoms. The van der Waals surface area contributed by atoms with Gasteiger partial charge in [-0.15, -0.1) is 0 Å². The van der Waals surface area contributed by atoms with Gasteiger partial charge in [-0.3, -0.25) is 4.79 Å². The average molecular weight is 338 g/mol. The van der Waals surface area contributed by atoms with Crippen molar-refractivity contribution in [2.45, 2.75) is 13.0 Å². The number of hydrogen-bond donors (Lipinski definition) is 4. The van der Waals surface area contributed by atoms with Crippen molar-refractivity contribution in [3.63, 3.8) is 0 Å². The van der Waals surface area contributed by atoms with E-state index in [1.54, 1.807) is 0 Å². The Bertz CT molecular complexity index is 803. The molecule has 0 atom stereocenters. The van der Waals surface area contributed by atoms with Crippen molar-refractivity contribution >= 4 is 24.2 Å². The van der Waals surface area contributed by atoms with Crippen molar-refractivity contribution in [1.82, 2.24) is 20.6 Å². The van der Waals surface area contributed by atoms with Gasteiger partial charge in [0.15, 0.2) is 11.5 Å². The van der Waals surface area contributed by atoms with Crippen molar-refractivity contribution in [3.8, 4) is 0 Å². The first kappa shape index (κ1) is 17.8. The highest BCUT2D eigenvalue weighted by atomic mass is 16.2. The van der Waals surface area contributed by atoms with E-state index in [2.05, 4.69) is 20.6 Å². The minimum absolute atomic E-state index is 0.00295. The molecule has 0 aliphatic carbocycles. The molecule has 0 saturated heterocycles. The monoisotopic (exact) mass is 338 g/mol. The Morgan fingerprint density at radius 2 is 2.00 bits per heavy atom. The first-order valence-electron chi connectivity index (χ1n) is 7.47. The molecule has 0 radical (unpaired) electrons. The molecule has 1 aromatic heterocycles. The second-order valence-electron chi connectivity index (χ2n) is 5.06. The predicted molar refractivity (Wildman–Crippen MR) is 93.8 cm³/mol. The van der Waals surface area contributed by atoms with Crippen molar-refractivity contribution in [3.05, 3.63) is 65.4 Å². The quantitative estimate of drug-likeness (QED) is 0.416. The zero-order valence-electron chi connectivity index (χ0n) is 13.4. The molecule has 0 saturated carbocycles. The molecule has 1 amide bonds. The van der Waals surface area contributed by atoms with Crippen LogP contribution >= 0.6 is 0 Å². The Balaban J connectivity index is 1.97. The summed E-state index contributed by atoms with van der Waals surface area (Å²) in [6.07, 6.45) is 6.48. The Hall–Kier alpha value is -3.55. The summed E-state index contributed by atoms with van der Waals surface area (Å²) in [5, 5.41) is 12.9. The fourth-order valence-electron chi connectivity index (χ4n) is 2.07. The van der Waals surface area contributed by atoms with Crippen LogP contribution in [0.3, 0.4) is 0 Å². The molecule has 2 aromatic rings. The zero-order chi connectivity index (χ0) is 18.1. The Labute approximate surface area is 144 Å². The highest BCUT2D eigenvalue weighted by Gasteiger charge is 2.12. The van der Waals surface area contributed by atoms with Gasteiger partial charge < -0.3 is 26.6 Å². The number of allylic oxidation sites excluding steroid dienone is 1. The number of nitrogen functional groups attached to an aromatic ring is 1. The zero-order valence-corrected chi connectivity index (χ0v) is 13.4. The summed E-state index contributed by atoms with van der Waals surface area (Å²) in [4.78, 5) is 30.3. The lowest BCUT2D eigenvalue weighted by Gasteiger charge is -2.08. The smallest absolute Gasteiger partial charge is 0.278 e. The minimum atomic E-state index is -0.546. The van der Waals surface area contributed by atoms with Gasteiger partial charge in [-0.1, -0.05) is 24.3 Å². The maximum atomic E-state index is 12.1. The summed E-state index contributed by atoms with van der Waals surface area (Å²) in [5.41, 5.74) is 7.75. The lowest BCUT2D eigenvalue weighted by molar-refractivity contribution is -0.107. The molecule has 0 fully saturated rings. The van der Waals surface area contributed by atoms with Gasteiger partial charge in [0.25, 0.3) is 5.91 Å². The molecule has 0 aliphatic rings. The van der Waals surface area contributed by atoms with Crippen LogP contribution in [0.4, 0.5) is 5.82 Å². The first-order chi connectivity index (χ1) is 12.1. The van der Waals surface area contributed by atoms with Gasteiger partial charge in [0.1, 0.15) is 6.29 Å². The number of nitrogens with zero attached hydrogens (tertiary/aromatic N) is 2. The number of nitrogens with one attached hydrogen (secondary N) is 3. The number of carbonyl (C=O) groups is 2. The van der Waals surface area contributed by atoms with Gasteiger partial charge in [-0.2, -0.15) is 0 Å². The number of benzene rings is 1. The van der Waals surface area contributed by atoms with Crippen molar-refractivity contribution < 1.29 is 9.59 Å². The maximum absolute atomic E-state index is 12.1. The van der Waals surface area contributed by atoms with Gasteiger partial charge in [0, 0.05) is 37.8 Å². The summed E-state index contributed by atoms with van der Waals surface area (Å²) in [6, 6.07) is 7.58. The van der Waals surface area contributed by atoms with Crippen molar-refractivity contribution in [2.75, 3.05) is 5.73 Å². The third-order valence-electron chi connectivity index (χ3n) is 3.23. The number of nitrogens with two attached hydrogens (primary N) is 1. The second-order valence-corrected chi connectivity index (χ2v) is 5.06. The Kier molecular flexibility index (Phi) is 6.35. The predicted octanol–water partition coefficient (Wildman–Crippen LogP) is 0.811. The molecule has 8 nitrogen and oxygen atoms in total. The van der Waals surface area contributed by atoms with Gasteiger partial charge in [-0.05, 0) is 11.1 Å². The molecule has 1 aromatic carbocycles. The number of hydrogen-bond acceptors (Lipinski definition) is 7. The summed E-state index contributed by atoms with van der Waals surface area (Å²) >= 11 is 0. The number of rotatable bonds is 8. The van der Waals surface area contributed by atoms with Crippen molar-refractivity contribution in [2.24, 2.45) is 0 Å². The molecule has 0 aliphatic heterocycles. The van der Waals surface area contributed by atoms with E-state index in [4.69, 9.17) is 11.1 Å². The highest BCUT2D eigenvalue weighted by Crippen LogP contribution is 2.06. The van der Waals surface area contributed by atoms with Crippen molar-refractivity contribution in [1.29, 1.82) is 5.41 Å². The maximum Gasteiger partial charge on any atom is 0.278 e. The van der Waals surface area contributed by atoms with Gasteiger partial charge >= 0.3 is 0 Å². The summed E-state index contributed by atoms with van der Waals surface area (Å²) in [6.45, 7) is 0.479. The van der Waals surface area contributed by atoms with E-state index >= 15 is 0 Å². The highest BCUT2D eigenvalue weighted by molar-refractivity contribution is 5.99. The topological polar surface area (TPSA) is 134 Å². The number of amides is 1. The molecule has 5 N–H and O–H groups in total. The average Bonchev–Trinajstić information content (AvgIpc) is 2.61. The van der Waals surface area contributed by atoms with Crippen LogP contribution in [0.2, 0.25) is 0 Å². The summed E-state index contributed by atoms with van der Waals surface area (Å²) in [5.74, 6) is -0.528. The van der Waals surface area contributed by atoms with Crippen LogP contribution in [0, 0.1) is 5.41 Å². The molecule has 8 heteroatoms. The number of aldehydes is 1. The minimum Gasteiger partial charge on any atom is -0.385 e. The molecule has 2 rings (SSSR count).